The van der Waals surface area contributed by atoms with Crippen molar-refractivity contribution in [3.8, 4) is 0 Å². The molecule has 1 heterocycles. The van der Waals surface area contributed by atoms with Gasteiger partial charge in [-0.2, -0.15) is 0 Å². The van der Waals surface area contributed by atoms with Gasteiger partial charge in [-0.15, -0.1) is 0 Å². The van der Waals surface area contributed by atoms with Crippen molar-refractivity contribution < 1.29 is 9.84 Å². The molecule has 5 N–H and O–H groups in total. The maximum absolute atomic E-state index is 8.93. The second-order valence-electron chi connectivity index (χ2n) is 3.80. The average Bonchev–Trinajstić information content (AvgIpc) is 2.36. The molecular weight excluding hydrogens is 222 g/mol. The number of hydrogen-bond donors (Lipinski definition) is 4. The maximum atomic E-state index is 8.93. The number of rotatable bonds is 7. The van der Waals surface area contributed by atoms with Gasteiger partial charge in [0.15, 0.2) is 5.82 Å². The summed E-state index contributed by atoms with van der Waals surface area (Å²) < 4.78 is 4.97. The third-order valence-electron chi connectivity index (χ3n) is 2.14. The van der Waals surface area contributed by atoms with E-state index in [0.717, 1.165) is 0 Å². The minimum atomic E-state index is 0.130. The van der Waals surface area contributed by atoms with Crippen LogP contribution in [-0.2, 0) is 11.3 Å². The molecule has 7 heteroatoms. The van der Waals surface area contributed by atoms with Crippen LogP contribution in [-0.4, -0.2) is 35.3 Å². The van der Waals surface area contributed by atoms with Gasteiger partial charge in [-0.05, 0) is 5.92 Å². The normalized spacial score (nSPS) is 12.2. The zero-order chi connectivity index (χ0) is 12.7. The summed E-state index contributed by atoms with van der Waals surface area (Å²) in [5.41, 5.74) is 2.47. The lowest BCUT2D eigenvalue weighted by Crippen LogP contribution is -2.17. The monoisotopic (exact) mass is 241 g/mol. The van der Waals surface area contributed by atoms with E-state index in [9.17, 15) is 0 Å². The highest BCUT2D eigenvalue weighted by Crippen LogP contribution is 2.11. The van der Waals surface area contributed by atoms with E-state index in [1.54, 1.807) is 13.2 Å². The summed E-state index contributed by atoms with van der Waals surface area (Å²) >= 11 is 0. The van der Waals surface area contributed by atoms with Crippen molar-refractivity contribution >= 4 is 11.6 Å². The molecule has 0 radical (unpaired) electrons. The van der Waals surface area contributed by atoms with Crippen LogP contribution in [0.5, 0.6) is 0 Å². The van der Waals surface area contributed by atoms with Gasteiger partial charge >= 0.3 is 0 Å². The van der Waals surface area contributed by atoms with Crippen LogP contribution in [0.3, 0.4) is 0 Å². The van der Waals surface area contributed by atoms with Crippen LogP contribution in [0.15, 0.2) is 6.07 Å². The van der Waals surface area contributed by atoms with Crippen LogP contribution in [0.25, 0.3) is 0 Å². The lowest BCUT2D eigenvalue weighted by atomic mass is 10.2. The molecule has 0 aliphatic rings. The molecule has 1 aromatic heterocycles. The molecule has 96 valence electrons. The molecule has 1 rings (SSSR count). The molecule has 7 nitrogen and oxygen atoms in total. The predicted octanol–water partition coefficient (Wildman–Crippen LogP) is -0.0511. The highest BCUT2D eigenvalue weighted by atomic mass is 16.5. The van der Waals surface area contributed by atoms with E-state index in [0.29, 0.717) is 30.6 Å². The Hall–Kier alpha value is -1.44. The maximum Gasteiger partial charge on any atom is 0.158 e. The molecule has 1 aromatic rings. The van der Waals surface area contributed by atoms with Crippen molar-refractivity contribution in [2.24, 2.45) is 11.8 Å². The largest absolute Gasteiger partial charge is 0.396 e. The highest BCUT2D eigenvalue weighted by Gasteiger charge is 2.05. The summed E-state index contributed by atoms with van der Waals surface area (Å²) in [6.07, 6.45) is 0. The first-order valence-corrected chi connectivity index (χ1v) is 5.37. The number of nitrogen functional groups attached to an aromatic ring is 1. The number of hydrogen-bond acceptors (Lipinski definition) is 7. The van der Waals surface area contributed by atoms with Crippen molar-refractivity contribution in [1.82, 2.24) is 9.97 Å². The molecule has 0 amide bonds. The molecule has 0 saturated carbocycles. The van der Waals surface area contributed by atoms with Gasteiger partial charge in [0.05, 0.1) is 0 Å². The van der Waals surface area contributed by atoms with Crippen molar-refractivity contribution in [3.05, 3.63) is 11.9 Å². The average molecular weight is 241 g/mol. The summed E-state index contributed by atoms with van der Waals surface area (Å²) in [6.45, 7) is 3.01. The lowest BCUT2D eigenvalue weighted by Gasteiger charge is -2.12. The third kappa shape index (κ3) is 4.51. The fraction of sp³-hybridized carbons (Fsp3) is 0.600. The first kappa shape index (κ1) is 13.6. The predicted molar refractivity (Wildman–Crippen MR) is 65.3 cm³/mol. The molecule has 1 unspecified atom stereocenters. The van der Waals surface area contributed by atoms with Gasteiger partial charge in [0.25, 0.3) is 0 Å². The van der Waals surface area contributed by atoms with Crippen molar-refractivity contribution in [1.29, 1.82) is 0 Å². The van der Waals surface area contributed by atoms with Gasteiger partial charge in [-0.1, -0.05) is 6.92 Å². The molecule has 0 aromatic carbocycles. The molecule has 1 atom stereocenters. The first-order chi connectivity index (χ1) is 8.19. The smallest absolute Gasteiger partial charge is 0.158 e. The Morgan fingerprint density at radius 2 is 2.18 bits per heavy atom. The van der Waals surface area contributed by atoms with Crippen LogP contribution >= 0.6 is 0 Å². The van der Waals surface area contributed by atoms with E-state index in [4.69, 9.17) is 15.7 Å². The van der Waals surface area contributed by atoms with Crippen LogP contribution in [0.1, 0.15) is 12.7 Å². The van der Waals surface area contributed by atoms with Crippen molar-refractivity contribution in [2.75, 3.05) is 31.0 Å². The number of hydrazine groups is 1. The van der Waals surface area contributed by atoms with Crippen LogP contribution < -0.4 is 16.6 Å². The van der Waals surface area contributed by atoms with Crippen LogP contribution in [0.4, 0.5) is 11.6 Å². The first-order valence-electron chi connectivity index (χ1n) is 5.37. The quantitative estimate of drug-likeness (QED) is 0.392. The molecule has 17 heavy (non-hydrogen) atoms. The number of methoxy groups -OCH3 is 1. The zero-order valence-electron chi connectivity index (χ0n) is 10.1. The van der Waals surface area contributed by atoms with Gasteiger partial charge in [0.2, 0.25) is 0 Å². The number of nitrogens with two attached hydrogens (primary N) is 1. The van der Waals surface area contributed by atoms with Crippen molar-refractivity contribution in [2.45, 2.75) is 13.5 Å². The second-order valence-corrected chi connectivity index (χ2v) is 3.80. The van der Waals surface area contributed by atoms with E-state index in [-0.39, 0.29) is 12.5 Å². The highest BCUT2D eigenvalue weighted by molar-refractivity contribution is 5.46. The van der Waals surface area contributed by atoms with E-state index >= 15 is 0 Å². The van der Waals surface area contributed by atoms with E-state index < -0.39 is 0 Å². The number of ether oxygens (including phenoxy) is 1. The molecule has 0 aliphatic carbocycles. The second kappa shape index (κ2) is 7.00. The molecule has 0 saturated heterocycles. The number of aromatic nitrogens is 2. The Bertz CT molecular complexity index is 347. The van der Waals surface area contributed by atoms with Gasteiger partial charge in [0.1, 0.15) is 18.2 Å². The molecular formula is C10H19N5O2. The Morgan fingerprint density at radius 1 is 1.47 bits per heavy atom. The Morgan fingerprint density at radius 3 is 2.76 bits per heavy atom. The number of nitrogens with zero attached hydrogens (tertiary/aromatic N) is 2. The summed E-state index contributed by atoms with van der Waals surface area (Å²) in [5.74, 6) is 7.19. The van der Waals surface area contributed by atoms with E-state index in [1.807, 2.05) is 6.92 Å². The SMILES string of the molecule is COCc1nc(NN)cc(NCC(C)CO)n1. The Kier molecular flexibility index (Phi) is 5.61. The van der Waals surface area contributed by atoms with Gasteiger partial charge in [0, 0.05) is 26.3 Å². The lowest BCUT2D eigenvalue weighted by molar-refractivity contribution is 0.178. The number of anilines is 2. The Labute approximate surface area is 100 Å². The zero-order valence-corrected chi connectivity index (χ0v) is 10.1. The minimum absolute atomic E-state index is 0.130. The molecule has 0 spiro atoms. The fourth-order valence-corrected chi connectivity index (χ4v) is 1.20. The van der Waals surface area contributed by atoms with Gasteiger partial charge in [-0.25, -0.2) is 15.8 Å². The number of aliphatic hydroxyl groups is 1. The summed E-state index contributed by atoms with van der Waals surface area (Å²) in [6, 6.07) is 1.70. The summed E-state index contributed by atoms with van der Waals surface area (Å²) in [4.78, 5) is 8.38. The molecule has 0 fully saturated rings. The summed E-state index contributed by atoms with van der Waals surface area (Å²) in [5, 5.41) is 12.0. The number of nitrogens with one attached hydrogen (secondary N) is 2. The molecule has 0 bridgehead atoms. The standard InChI is InChI=1S/C10H19N5O2/c1-7(5-16)4-12-8-3-9(15-11)14-10(13-8)6-17-2/h3,7,16H,4-6,11H2,1-2H3,(H2,12,13,14,15). The van der Waals surface area contributed by atoms with Crippen LogP contribution in [0, 0.1) is 5.92 Å². The minimum Gasteiger partial charge on any atom is -0.396 e. The van der Waals surface area contributed by atoms with Gasteiger partial charge < -0.3 is 20.6 Å². The van der Waals surface area contributed by atoms with E-state index in [2.05, 4.69) is 20.7 Å². The topological polar surface area (TPSA) is 105 Å². The number of aliphatic hydroxyl groups excluding tert-OH is 1. The van der Waals surface area contributed by atoms with Crippen molar-refractivity contribution in [3.63, 3.8) is 0 Å². The third-order valence-corrected chi connectivity index (χ3v) is 2.14. The van der Waals surface area contributed by atoms with Gasteiger partial charge in [-0.3, -0.25) is 0 Å². The summed E-state index contributed by atoms with van der Waals surface area (Å²) in [7, 11) is 1.58. The van der Waals surface area contributed by atoms with E-state index in [1.165, 1.54) is 0 Å². The Balaban J connectivity index is 2.72. The van der Waals surface area contributed by atoms with Crippen LogP contribution in [0.2, 0.25) is 0 Å². The fourth-order valence-electron chi connectivity index (χ4n) is 1.20. The molecule has 0 aliphatic heterocycles.